The standard InChI is InChI=1S/C23H23N.C13H11N.C10H14BrN.CH4/c1-17-18(2)24(22-16-10-9-15-21(17)22)23(19-11-5-3-6-12-19)20-13-7-4-8-14-20;14-13(11-7-3-1-4-8-11)12-9-5-2-6-10-12;1-7(8(2)12)9-5-3-4-6-10(9)11;/h3-18,23H,1-2H3;1-10,14H;3-8H,12H2,1-2H3;1H4/t17-,18-;;7-,8-;/m0.0./s1. The number of hydrogen-bond acceptors (Lipinski definition) is 3. The molecule has 0 saturated heterocycles. The molecule has 6 aromatic rings. The summed E-state index contributed by atoms with van der Waals surface area (Å²) in [5.41, 5.74) is 15.1. The van der Waals surface area contributed by atoms with Crippen LogP contribution in [0.1, 0.15) is 86.4 Å². The topological polar surface area (TPSA) is 53.1 Å². The Bertz CT molecular complexity index is 1830. The fourth-order valence-corrected chi connectivity index (χ4v) is 7.14. The van der Waals surface area contributed by atoms with Crippen LogP contribution in [0.4, 0.5) is 5.69 Å². The molecule has 51 heavy (non-hydrogen) atoms. The van der Waals surface area contributed by atoms with Crippen LogP contribution < -0.4 is 10.6 Å². The maximum atomic E-state index is 7.97. The summed E-state index contributed by atoms with van der Waals surface area (Å²) >= 11 is 3.51. The zero-order valence-electron chi connectivity index (χ0n) is 29.5. The number of anilines is 1. The Morgan fingerprint density at radius 2 is 1.02 bits per heavy atom. The van der Waals surface area contributed by atoms with Crippen LogP contribution in [-0.4, -0.2) is 17.8 Å². The molecular formula is C47H52BrN3. The summed E-state index contributed by atoms with van der Waals surface area (Å²) < 4.78 is 1.15. The Morgan fingerprint density at radius 1 is 0.608 bits per heavy atom. The number of nitrogens with two attached hydrogens (primary N) is 1. The third kappa shape index (κ3) is 9.72. The van der Waals surface area contributed by atoms with Gasteiger partial charge in [0.2, 0.25) is 0 Å². The maximum Gasteiger partial charge on any atom is 0.0799 e. The third-order valence-corrected chi connectivity index (χ3v) is 10.4. The highest BCUT2D eigenvalue weighted by atomic mass is 79.9. The Kier molecular flexibility index (Phi) is 14.5. The molecule has 0 saturated carbocycles. The monoisotopic (exact) mass is 737 g/mol. The molecule has 7 rings (SSSR count). The lowest BCUT2D eigenvalue weighted by Gasteiger charge is -2.36. The van der Waals surface area contributed by atoms with Gasteiger partial charge in [-0.25, -0.2) is 0 Å². The Hall–Kier alpha value is -4.77. The fourth-order valence-electron chi connectivity index (χ4n) is 6.49. The second kappa shape index (κ2) is 19.0. The van der Waals surface area contributed by atoms with E-state index in [0.29, 0.717) is 23.6 Å². The fraction of sp³-hybridized carbons (Fsp3) is 0.213. The highest BCUT2D eigenvalue weighted by Crippen LogP contribution is 2.46. The molecule has 3 N–H and O–H groups in total. The molecule has 3 nitrogen and oxygen atoms in total. The molecule has 0 unspecified atom stereocenters. The van der Waals surface area contributed by atoms with Gasteiger partial charge < -0.3 is 10.6 Å². The van der Waals surface area contributed by atoms with E-state index in [-0.39, 0.29) is 19.5 Å². The van der Waals surface area contributed by atoms with Crippen molar-refractivity contribution < 1.29 is 0 Å². The van der Waals surface area contributed by atoms with Crippen LogP contribution >= 0.6 is 15.9 Å². The van der Waals surface area contributed by atoms with Crippen molar-refractivity contribution >= 4 is 27.3 Å². The summed E-state index contributed by atoms with van der Waals surface area (Å²) in [6, 6.07) is 59.3. The molecule has 4 heteroatoms. The average Bonchev–Trinajstić information content (AvgIpc) is 3.42. The summed E-state index contributed by atoms with van der Waals surface area (Å²) in [7, 11) is 0. The van der Waals surface area contributed by atoms with E-state index in [4.69, 9.17) is 11.1 Å². The van der Waals surface area contributed by atoms with Gasteiger partial charge in [-0.1, -0.05) is 195 Å². The van der Waals surface area contributed by atoms with E-state index in [2.05, 4.69) is 133 Å². The summed E-state index contributed by atoms with van der Waals surface area (Å²) in [4.78, 5) is 2.60. The number of halogens is 1. The number of hydrogen-bond donors (Lipinski definition) is 2. The molecule has 0 radical (unpaired) electrons. The first-order valence-electron chi connectivity index (χ1n) is 17.4. The summed E-state index contributed by atoms with van der Waals surface area (Å²) in [5.74, 6) is 0.941. The first-order chi connectivity index (χ1) is 24.3. The second-order valence-electron chi connectivity index (χ2n) is 13.0. The molecule has 0 aromatic heterocycles. The van der Waals surface area contributed by atoms with E-state index in [1.807, 2.05) is 85.8 Å². The van der Waals surface area contributed by atoms with Crippen LogP contribution in [-0.2, 0) is 0 Å². The van der Waals surface area contributed by atoms with E-state index < -0.39 is 0 Å². The van der Waals surface area contributed by atoms with Gasteiger partial charge in [0.25, 0.3) is 0 Å². The third-order valence-electron chi connectivity index (χ3n) is 9.69. The Morgan fingerprint density at radius 3 is 1.49 bits per heavy atom. The molecule has 0 spiro atoms. The normalized spacial score (nSPS) is 15.5. The van der Waals surface area contributed by atoms with Crippen molar-refractivity contribution in [1.82, 2.24) is 0 Å². The number of benzene rings is 6. The number of nitrogens with zero attached hydrogens (tertiary/aromatic N) is 1. The van der Waals surface area contributed by atoms with Crippen molar-refractivity contribution in [3.63, 3.8) is 0 Å². The lowest BCUT2D eigenvalue weighted by Crippen LogP contribution is -2.35. The van der Waals surface area contributed by atoms with E-state index >= 15 is 0 Å². The number of para-hydroxylation sites is 1. The van der Waals surface area contributed by atoms with E-state index in [1.165, 1.54) is 27.9 Å². The SMILES string of the molecule is C.C[C@@H]1c2ccccc2N(C(c2ccccc2)c2ccccc2)[C@H]1C.C[C@H](N)[C@H](C)c1ccccc1Br.N=C(c1ccccc1)c1ccccc1. The van der Waals surface area contributed by atoms with Gasteiger partial charge in [0.15, 0.2) is 0 Å². The van der Waals surface area contributed by atoms with Crippen LogP contribution in [0.3, 0.4) is 0 Å². The quantitative estimate of drug-likeness (QED) is 0.160. The number of rotatable bonds is 7. The zero-order valence-corrected chi connectivity index (χ0v) is 31.0. The highest BCUT2D eigenvalue weighted by molar-refractivity contribution is 9.10. The van der Waals surface area contributed by atoms with Gasteiger partial charge in [0, 0.05) is 28.2 Å². The smallest absolute Gasteiger partial charge is 0.0799 e. The summed E-state index contributed by atoms with van der Waals surface area (Å²) in [6.07, 6.45) is 0. The molecule has 0 fully saturated rings. The van der Waals surface area contributed by atoms with Crippen LogP contribution in [0.5, 0.6) is 0 Å². The molecule has 1 aliphatic rings. The van der Waals surface area contributed by atoms with Crippen molar-refractivity contribution in [2.24, 2.45) is 5.73 Å². The van der Waals surface area contributed by atoms with Crippen molar-refractivity contribution in [3.8, 4) is 0 Å². The molecule has 1 aliphatic heterocycles. The van der Waals surface area contributed by atoms with Crippen molar-refractivity contribution in [1.29, 1.82) is 5.41 Å². The minimum Gasteiger partial charge on any atom is -0.357 e. The lowest BCUT2D eigenvalue weighted by molar-refractivity contribution is 0.558. The summed E-state index contributed by atoms with van der Waals surface area (Å²) in [6.45, 7) is 8.87. The second-order valence-corrected chi connectivity index (χ2v) is 13.8. The Balaban J connectivity index is 0.000000185. The number of nitrogens with one attached hydrogen (secondary N) is 1. The molecule has 0 bridgehead atoms. The van der Waals surface area contributed by atoms with Gasteiger partial charge in [-0.15, -0.1) is 0 Å². The average molecular weight is 739 g/mol. The van der Waals surface area contributed by atoms with E-state index in [9.17, 15) is 0 Å². The van der Waals surface area contributed by atoms with E-state index in [0.717, 1.165) is 15.6 Å². The van der Waals surface area contributed by atoms with E-state index in [1.54, 1.807) is 0 Å². The minimum absolute atomic E-state index is 0. The predicted molar refractivity (Wildman–Crippen MR) is 223 cm³/mol. The van der Waals surface area contributed by atoms with Crippen molar-refractivity contribution in [2.45, 2.75) is 65.1 Å². The van der Waals surface area contributed by atoms with Crippen molar-refractivity contribution in [3.05, 3.63) is 208 Å². The van der Waals surface area contributed by atoms with Crippen molar-refractivity contribution in [2.75, 3.05) is 4.90 Å². The van der Waals surface area contributed by atoms with Crippen LogP contribution in [0.25, 0.3) is 0 Å². The molecule has 6 aromatic carbocycles. The molecule has 4 atom stereocenters. The van der Waals surface area contributed by atoms with Crippen LogP contribution in [0.2, 0.25) is 0 Å². The molecular weight excluding hydrogens is 686 g/mol. The van der Waals surface area contributed by atoms with Gasteiger partial charge in [-0.05, 0) is 65.3 Å². The van der Waals surface area contributed by atoms with Gasteiger partial charge in [0.1, 0.15) is 0 Å². The predicted octanol–water partition coefficient (Wildman–Crippen LogP) is 12.4. The van der Waals surface area contributed by atoms with Gasteiger partial charge in [0.05, 0.1) is 11.8 Å². The lowest BCUT2D eigenvalue weighted by atomic mass is 9.95. The number of fused-ring (bicyclic) bond motifs is 1. The molecule has 0 amide bonds. The Labute approximate surface area is 314 Å². The largest absolute Gasteiger partial charge is 0.357 e. The molecule has 1 heterocycles. The van der Waals surface area contributed by atoms with Crippen LogP contribution in [0.15, 0.2) is 174 Å². The first kappa shape index (κ1) is 39.0. The zero-order chi connectivity index (χ0) is 35.5. The summed E-state index contributed by atoms with van der Waals surface area (Å²) in [5, 5.41) is 7.97. The minimum atomic E-state index is 0. The van der Waals surface area contributed by atoms with Gasteiger partial charge in [-0.2, -0.15) is 0 Å². The van der Waals surface area contributed by atoms with Gasteiger partial charge >= 0.3 is 0 Å². The highest BCUT2D eigenvalue weighted by Gasteiger charge is 2.37. The van der Waals surface area contributed by atoms with Crippen LogP contribution in [0, 0.1) is 5.41 Å². The van der Waals surface area contributed by atoms with Gasteiger partial charge in [-0.3, -0.25) is 5.41 Å². The first-order valence-corrected chi connectivity index (χ1v) is 18.2. The molecule has 262 valence electrons. The molecule has 0 aliphatic carbocycles. The maximum absolute atomic E-state index is 7.97.